The molecular weight excluding hydrogens is 418 g/mol. The average molecular weight is 439 g/mol. The number of carbonyl (C=O) groups excluding carboxylic acids is 4. The van der Waals surface area contributed by atoms with E-state index in [1.807, 2.05) is 18.2 Å². The number of ketones is 1. The van der Waals surface area contributed by atoms with E-state index >= 15 is 0 Å². The molecule has 6 nitrogen and oxygen atoms in total. The lowest BCUT2D eigenvalue weighted by Gasteiger charge is -2.15. The Morgan fingerprint density at radius 3 is 2.00 bits per heavy atom. The fourth-order valence-corrected chi connectivity index (χ4v) is 4.47. The number of esters is 1. The quantitative estimate of drug-likeness (QED) is 0.193. The van der Waals surface area contributed by atoms with E-state index in [9.17, 15) is 19.2 Å². The van der Waals surface area contributed by atoms with Gasteiger partial charge in [0.05, 0.1) is 23.1 Å². The van der Waals surface area contributed by atoms with Crippen LogP contribution in [-0.4, -0.2) is 23.6 Å². The fourth-order valence-electron chi connectivity index (χ4n) is 4.47. The second-order valence-electron chi connectivity index (χ2n) is 8.38. The van der Waals surface area contributed by atoms with Crippen molar-refractivity contribution in [2.75, 3.05) is 4.90 Å². The van der Waals surface area contributed by atoms with Crippen molar-refractivity contribution in [1.82, 2.24) is 0 Å². The number of anilines is 1. The Balaban J connectivity index is 1.32. The number of allylic oxidation sites excluding steroid dienone is 2. The second kappa shape index (κ2) is 8.13. The minimum Gasteiger partial charge on any atom is -0.423 e. The molecule has 3 aromatic rings. The van der Waals surface area contributed by atoms with Crippen molar-refractivity contribution in [3.63, 3.8) is 0 Å². The maximum Gasteiger partial charge on any atom is 0.343 e. The topological polar surface area (TPSA) is 80.8 Å². The highest BCUT2D eigenvalue weighted by Crippen LogP contribution is 2.37. The van der Waals surface area contributed by atoms with E-state index in [1.165, 1.54) is 11.8 Å². The molecule has 0 spiro atoms. The molecule has 0 N–H and O–H groups in total. The van der Waals surface area contributed by atoms with E-state index in [-0.39, 0.29) is 29.4 Å². The summed E-state index contributed by atoms with van der Waals surface area (Å²) in [5.41, 5.74) is 1.39. The van der Waals surface area contributed by atoms with Crippen LogP contribution in [0, 0.1) is 11.8 Å². The molecule has 2 amide bonds. The lowest BCUT2D eigenvalue weighted by atomic mass is 9.85. The number of amides is 2. The van der Waals surface area contributed by atoms with Gasteiger partial charge in [0.1, 0.15) is 5.75 Å². The highest BCUT2D eigenvalue weighted by molar-refractivity contribution is 6.22. The number of hydrogen-bond donors (Lipinski definition) is 0. The minimum atomic E-state index is -0.543. The molecule has 0 saturated carbocycles. The SMILES string of the molecule is CC(=O)c1ccc2cc(OC(=O)c3ccc(N4C(=O)C5CC=CCC5C4=O)cc3)ccc2c1. The number of nitrogens with zero attached hydrogens (tertiary/aromatic N) is 1. The molecule has 0 bridgehead atoms. The first-order valence-electron chi connectivity index (χ1n) is 10.8. The number of ether oxygens (including phenoxy) is 1. The van der Waals surface area contributed by atoms with Gasteiger partial charge >= 0.3 is 5.97 Å². The Morgan fingerprint density at radius 2 is 1.36 bits per heavy atom. The maximum atomic E-state index is 12.7. The third-order valence-electron chi connectivity index (χ3n) is 6.30. The van der Waals surface area contributed by atoms with Gasteiger partial charge in [0.2, 0.25) is 11.8 Å². The van der Waals surface area contributed by atoms with Gasteiger partial charge in [-0.25, -0.2) is 4.79 Å². The molecule has 2 atom stereocenters. The predicted octanol–water partition coefficient (Wildman–Crippen LogP) is 4.72. The molecule has 0 aromatic heterocycles. The molecule has 3 aromatic carbocycles. The molecule has 1 aliphatic heterocycles. The number of carbonyl (C=O) groups is 4. The molecule has 33 heavy (non-hydrogen) atoms. The van der Waals surface area contributed by atoms with E-state index in [0.717, 1.165) is 10.8 Å². The van der Waals surface area contributed by atoms with E-state index in [0.29, 0.717) is 35.4 Å². The third-order valence-corrected chi connectivity index (χ3v) is 6.30. The first-order chi connectivity index (χ1) is 15.9. The summed E-state index contributed by atoms with van der Waals surface area (Å²) in [6.07, 6.45) is 5.06. The smallest absolute Gasteiger partial charge is 0.343 e. The van der Waals surface area contributed by atoms with Gasteiger partial charge in [-0.3, -0.25) is 19.3 Å². The van der Waals surface area contributed by atoms with Crippen LogP contribution < -0.4 is 9.64 Å². The lowest BCUT2D eigenvalue weighted by Crippen LogP contribution is -2.30. The summed E-state index contributed by atoms with van der Waals surface area (Å²) in [6, 6.07) is 16.9. The third kappa shape index (κ3) is 3.74. The average Bonchev–Trinajstić information content (AvgIpc) is 3.09. The van der Waals surface area contributed by atoms with Crippen LogP contribution in [0.5, 0.6) is 5.75 Å². The fraction of sp³-hybridized carbons (Fsp3) is 0.185. The molecule has 2 aliphatic rings. The maximum absolute atomic E-state index is 12.7. The van der Waals surface area contributed by atoms with Crippen LogP contribution in [0.4, 0.5) is 5.69 Å². The van der Waals surface area contributed by atoms with E-state index in [4.69, 9.17) is 4.74 Å². The summed E-state index contributed by atoms with van der Waals surface area (Å²) in [7, 11) is 0. The summed E-state index contributed by atoms with van der Waals surface area (Å²) in [5, 5.41) is 1.73. The molecular formula is C27H21NO5. The molecule has 1 fully saturated rings. The van der Waals surface area contributed by atoms with Crippen LogP contribution in [0.25, 0.3) is 10.8 Å². The number of benzene rings is 3. The Morgan fingerprint density at radius 1 is 0.788 bits per heavy atom. The number of fused-ring (bicyclic) bond motifs is 2. The zero-order valence-electron chi connectivity index (χ0n) is 18.0. The van der Waals surface area contributed by atoms with Gasteiger partial charge in [-0.15, -0.1) is 0 Å². The van der Waals surface area contributed by atoms with E-state index < -0.39 is 5.97 Å². The van der Waals surface area contributed by atoms with Gasteiger partial charge in [0, 0.05) is 5.56 Å². The van der Waals surface area contributed by atoms with Gasteiger partial charge in [0.15, 0.2) is 5.78 Å². The molecule has 1 heterocycles. The molecule has 1 saturated heterocycles. The van der Waals surface area contributed by atoms with Crippen LogP contribution in [0.2, 0.25) is 0 Å². The van der Waals surface area contributed by atoms with Gasteiger partial charge in [-0.2, -0.15) is 0 Å². The predicted molar refractivity (Wildman–Crippen MR) is 123 cm³/mol. The van der Waals surface area contributed by atoms with Gasteiger partial charge in [-0.05, 0) is 73.0 Å². The monoisotopic (exact) mass is 439 g/mol. The van der Waals surface area contributed by atoms with Crippen molar-refractivity contribution in [1.29, 1.82) is 0 Å². The number of hydrogen-bond acceptors (Lipinski definition) is 5. The Hall–Kier alpha value is -4.06. The summed E-state index contributed by atoms with van der Waals surface area (Å²) < 4.78 is 5.51. The highest BCUT2D eigenvalue weighted by atomic mass is 16.5. The first-order valence-corrected chi connectivity index (χ1v) is 10.8. The van der Waals surface area contributed by atoms with Crippen molar-refractivity contribution >= 4 is 40.0 Å². The zero-order chi connectivity index (χ0) is 23.1. The zero-order valence-corrected chi connectivity index (χ0v) is 18.0. The number of imide groups is 1. The standard InChI is InChI=1S/C27H21NO5/c1-16(29)18-6-7-20-15-22(13-10-19(20)14-18)33-27(32)17-8-11-21(12-9-17)28-25(30)23-4-2-3-5-24(23)26(28)31/h2-3,6-15,23-24H,4-5H2,1H3. The largest absolute Gasteiger partial charge is 0.423 e. The molecule has 5 rings (SSSR count). The number of Topliss-reactive ketones (excluding diaryl/α,β-unsaturated/α-hetero) is 1. The van der Waals surface area contributed by atoms with Crippen LogP contribution in [0.15, 0.2) is 72.8 Å². The van der Waals surface area contributed by atoms with Crippen molar-refractivity contribution in [2.24, 2.45) is 11.8 Å². The molecule has 164 valence electrons. The first kappa shape index (κ1) is 20.8. The normalized spacial score (nSPS) is 19.6. The van der Waals surface area contributed by atoms with Crippen molar-refractivity contribution in [2.45, 2.75) is 19.8 Å². The van der Waals surface area contributed by atoms with Crippen LogP contribution in [-0.2, 0) is 9.59 Å². The van der Waals surface area contributed by atoms with E-state index in [1.54, 1.807) is 54.6 Å². The van der Waals surface area contributed by atoms with Crippen LogP contribution >= 0.6 is 0 Å². The summed E-state index contributed by atoms with van der Waals surface area (Å²) in [4.78, 5) is 50.9. The van der Waals surface area contributed by atoms with Gasteiger partial charge in [0.25, 0.3) is 0 Å². The summed E-state index contributed by atoms with van der Waals surface area (Å²) in [5.74, 6) is -1.14. The summed E-state index contributed by atoms with van der Waals surface area (Å²) in [6.45, 7) is 1.52. The van der Waals surface area contributed by atoms with Crippen LogP contribution in [0.3, 0.4) is 0 Å². The van der Waals surface area contributed by atoms with E-state index in [2.05, 4.69) is 0 Å². The van der Waals surface area contributed by atoms with Gasteiger partial charge in [-0.1, -0.05) is 30.4 Å². The van der Waals surface area contributed by atoms with Gasteiger partial charge < -0.3 is 4.74 Å². The highest BCUT2D eigenvalue weighted by Gasteiger charge is 2.47. The second-order valence-corrected chi connectivity index (χ2v) is 8.38. The lowest BCUT2D eigenvalue weighted by molar-refractivity contribution is -0.122. The molecule has 6 heteroatoms. The summed E-state index contributed by atoms with van der Waals surface area (Å²) >= 11 is 0. The molecule has 1 aliphatic carbocycles. The Kier molecular flexibility index (Phi) is 5.13. The Labute approximate surface area is 190 Å². The van der Waals surface area contributed by atoms with Crippen LogP contribution in [0.1, 0.15) is 40.5 Å². The minimum absolute atomic E-state index is 0.0105. The molecule has 0 radical (unpaired) electrons. The Bertz CT molecular complexity index is 1310. The molecule has 2 unspecified atom stereocenters. The van der Waals surface area contributed by atoms with Crippen molar-refractivity contribution in [3.8, 4) is 5.75 Å². The number of rotatable bonds is 4. The van der Waals surface area contributed by atoms with Crippen molar-refractivity contribution in [3.05, 3.63) is 83.9 Å². The van der Waals surface area contributed by atoms with Crippen molar-refractivity contribution < 1.29 is 23.9 Å².